The second-order valence-corrected chi connectivity index (χ2v) is 7.20. The Labute approximate surface area is 159 Å². The monoisotopic (exact) mass is 375 g/mol. The molecule has 0 atom stereocenters. The highest BCUT2D eigenvalue weighted by Crippen LogP contribution is 2.32. The zero-order valence-electron chi connectivity index (χ0n) is 16.1. The van der Waals surface area contributed by atoms with E-state index < -0.39 is 0 Å². The molecule has 0 bridgehead atoms. The summed E-state index contributed by atoms with van der Waals surface area (Å²) in [6, 6.07) is 5.73. The number of imide groups is 1. The highest BCUT2D eigenvalue weighted by molar-refractivity contribution is 6.35. The summed E-state index contributed by atoms with van der Waals surface area (Å²) in [4.78, 5) is 31.5. The molecule has 2 aliphatic heterocycles. The van der Waals surface area contributed by atoms with E-state index in [1.807, 2.05) is 25.8 Å². The molecule has 6 nitrogen and oxygen atoms in total. The summed E-state index contributed by atoms with van der Waals surface area (Å²) in [6.07, 6.45) is 0.0273. The number of ether oxygens (including phenoxy) is 1. The summed E-state index contributed by atoms with van der Waals surface area (Å²) in [5.74, 6) is -1.01. The van der Waals surface area contributed by atoms with Crippen molar-refractivity contribution in [1.82, 2.24) is 14.7 Å². The van der Waals surface area contributed by atoms with Crippen LogP contribution in [0.3, 0.4) is 0 Å². The first-order chi connectivity index (χ1) is 12.9. The maximum absolute atomic E-state index is 13.4. The Morgan fingerprint density at radius 3 is 2.26 bits per heavy atom. The van der Waals surface area contributed by atoms with Gasteiger partial charge in [-0.3, -0.25) is 14.5 Å². The topological polar surface area (TPSA) is 53.1 Å². The molecule has 1 saturated heterocycles. The van der Waals surface area contributed by atoms with Gasteiger partial charge in [-0.15, -0.1) is 0 Å². The second-order valence-electron chi connectivity index (χ2n) is 7.20. The van der Waals surface area contributed by atoms with E-state index in [9.17, 15) is 14.0 Å². The van der Waals surface area contributed by atoms with Gasteiger partial charge in [0, 0.05) is 26.2 Å². The van der Waals surface area contributed by atoms with Crippen molar-refractivity contribution in [3.05, 3.63) is 41.3 Å². The molecule has 7 heteroatoms. The molecule has 2 heterocycles. The number of amides is 2. The Morgan fingerprint density at radius 2 is 1.67 bits per heavy atom. The van der Waals surface area contributed by atoms with E-state index in [2.05, 4.69) is 4.90 Å². The van der Waals surface area contributed by atoms with Crippen LogP contribution in [0.25, 0.3) is 5.57 Å². The number of carbonyl (C=O) groups is 2. The van der Waals surface area contributed by atoms with Crippen molar-refractivity contribution in [3.8, 4) is 0 Å². The van der Waals surface area contributed by atoms with Gasteiger partial charge in [0.05, 0.1) is 24.8 Å². The van der Waals surface area contributed by atoms with Gasteiger partial charge in [-0.2, -0.15) is 0 Å². The zero-order chi connectivity index (χ0) is 19.6. The van der Waals surface area contributed by atoms with Crippen molar-refractivity contribution in [2.75, 3.05) is 46.4 Å². The number of piperazine rings is 1. The van der Waals surface area contributed by atoms with E-state index in [0.29, 0.717) is 36.5 Å². The predicted octanol–water partition coefficient (Wildman–Crippen LogP) is 1.58. The summed E-state index contributed by atoms with van der Waals surface area (Å²) in [7, 11) is 2.03. The average molecular weight is 375 g/mol. The van der Waals surface area contributed by atoms with Gasteiger partial charge in [-0.1, -0.05) is 12.1 Å². The van der Waals surface area contributed by atoms with E-state index in [4.69, 9.17) is 4.74 Å². The van der Waals surface area contributed by atoms with E-state index in [0.717, 1.165) is 13.1 Å². The zero-order valence-corrected chi connectivity index (χ0v) is 16.1. The molecule has 0 radical (unpaired) electrons. The first kappa shape index (κ1) is 19.5. The van der Waals surface area contributed by atoms with Gasteiger partial charge in [0.25, 0.3) is 11.8 Å². The molecule has 2 amide bonds. The Balaban J connectivity index is 1.92. The fourth-order valence-electron chi connectivity index (χ4n) is 3.35. The summed E-state index contributed by atoms with van der Waals surface area (Å²) < 4.78 is 18.9. The summed E-state index contributed by atoms with van der Waals surface area (Å²) in [6.45, 7) is 7.30. The first-order valence-electron chi connectivity index (χ1n) is 9.30. The predicted molar refractivity (Wildman–Crippen MR) is 100 cm³/mol. The number of rotatable bonds is 6. The minimum atomic E-state index is -0.376. The molecule has 0 unspecified atom stereocenters. The van der Waals surface area contributed by atoms with Crippen LogP contribution in [0.4, 0.5) is 4.39 Å². The standard InChI is InChI=1S/C20H26FN3O3/c1-14(2)27-13-12-24-19(25)17(15-4-6-16(21)7-5-15)18(20(24)26)23-10-8-22(3)9-11-23/h4-7,14H,8-13H2,1-3H3. The van der Waals surface area contributed by atoms with Gasteiger partial charge < -0.3 is 14.5 Å². The number of likely N-dealkylation sites (N-methyl/N-ethyl adjacent to an activating group) is 1. The van der Waals surface area contributed by atoms with Crippen molar-refractivity contribution in [2.45, 2.75) is 20.0 Å². The quantitative estimate of drug-likeness (QED) is 0.707. The summed E-state index contributed by atoms with van der Waals surface area (Å²) in [5, 5.41) is 0. The van der Waals surface area contributed by atoms with Crippen LogP contribution in [0.15, 0.2) is 30.0 Å². The van der Waals surface area contributed by atoms with Crippen LogP contribution in [-0.4, -0.2) is 79.0 Å². The number of benzene rings is 1. The molecule has 2 aliphatic rings. The van der Waals surface area contributed by atoms with Crippen LogP contribution in [-0.2, 0) is 14.3 Å². The molecule has 0 aromatic heterocycles. The molecule has 1 aromatic rings. The average Bonchev–Trinajstić information content (AvgIpc) is 2.87. The smallest absolute Gasteiger partial charge is 0.277 e. The summed E-state index contributed by atoms with van der Waals surface area (Å²) >= 11 is 0. The maximum atomic E-state index is 13.4. The van der Waals surface area contributed by atoms with Crippen molar-refractivity contribution < 1.29 is 18.7 Å². The lowest BCUT2D eigenvalue weighted by Gasteiger charge is -2.34. The molecular formula is C20H26FN3O3. The number of halogens is 1. The molecule has 0 N–H and O–H groups in total. The number of carbonyl (C=O) groups excluding carboxylic acids is 2. The van der Waals surface area contributed by atoms with E-state index >= 15 is 0 Å². The van der Waals surface area contributed by atoms with Crippen molar-refractivity contribution >= 4 is 17.4 Å². The molecular weight excluding hydrogens is 349 g/mol. The van der Waals surface area contributed by atoms with Gasteiger partial charge >= 0.3 is 0 Å². The molecule has 3 rings (SSSR count). The van der Waals surface area contributed by atoms with Crippen LogP contribution in [0.5, 0.6) is 0 Å². The number of hydrogen-bond acceptors (Lipinski definition) is 5. The molecule has 146 valence electrons. The van der Waals surface area contributed by atoms with Crippen molar-refractivity contribution in [2.24, 2.45) is 0 Å². The SMILES string of the molecule is CC(C)OCCN1C(=O)C(c2ccc(F)cc2)=C(N2CCN(C)CC2)C1=O. The Hall–Kier alpha value is -2.25. The van der Waals surface area contributed by atoms with Crippen molar-refractivity contribution in [1.29, 1.82) is 0 Å². The lowest BCUT2D eigenvalue weighted by molar-refractivity contribution is -0.138. The Kier molecular flexibility index (Phi) is 5.92. The number of hydrogen-bond donors (Lipinski definition) is 0. The minimum absolute atomic E-state index is 0.0273. The largest absolute Gasteiger partial charge is 0.377 e. The third kappa shape index (κ3) is 4.20. The molecule has 1 aromatic carbocycles. The van der Waals surface area contributed by atoms with Gasteiger partial charge in [0.2, 0.25) is 0 Å². The highest BCUT2D eigenvalue weighted by Gasteiger charge is 2.41. The van der Waals surface area contributed by atoms with Gasteiger partial charge in [-0.05, 0) is 38.6 Å². The van der Waals surface area contributed by atoms with Crippen LogP contribution in [0.1, 0.15) is 19.4 Å². The van der Waals surface area contributed by atoms with Crippen LogP contribution < -0.4 is 0 Å². The maximum Gasteiger partial charge on any atom is 0.277 e. The molecule has 0 spiro atoms. The van der Waals surface area contributed by atoms with Gasteiger partial charge in [-0.25, -0.2) is 4.39 Å². The lowest BCUT2D eigenvalue weighted by atomic mass is 10.0. The van der Waals surface area contributed by atoms with Crippen molar-refractivity contribution in [3.63, 3.8) is 0 Å². The fourth-order valence-corrected chi connectivity index (χ4v) is 3.35. The fraction of sp³-hybridized carbons (Fsp3) is 0.500. The molecule has 27 heavy (non-hydrogen) atoms. The highest BCUT2D eigenvalue weighted by atomic mass is 19.1. The first-order valence-corrected chi connectivity index (χ1v) is 9.30. The normalized spacial score (nSPS) is 19.0. The van der Waals surface area contributed by atoms with Crippen LogP contribution in [0, 0.1) is 5.82 Å². The van der Waals surface area contributed by atoms with Crippen LogP contribution in [0.2, 0.25) is 0 Å². The van der Waals surface area contributed by atoms with E-state index in [-0.39, 0.29) is 30.3 Å². The van der Waals surface area contributed by atoms with Crippen LogP contribution >= 0.6 is 0 Å². The molecule has 0 aliphatic carbocycles. The number of nitrogens with zero attached hydrogens (tertiary/aromatic N) is 3. The second kappa shape index (κ2) is 8.19. The molecule has 1 fully saturated rings. The lowest BCUT2D eigenvalue weighted by Crippen LogP contribution is -2.46. The Morgan fingerprint density at radius 1 is 1.04 bits per heavy atom. The van der Waals surface area contributed by atoms with E-state index in [1.165, 1.54) is 17.0 Å². The van der Waals surface area contributed by atoms with Gasteiger partial charge in [0.1, 0.15) is 11.5 Å². The van der Waals surface area contributed by atoms with E-state index in [1.54, 1.807) is 12.1 Å². The molecule has 0 saturated carbocycles. The Bertz CT molecular complexity index is 737. The van der Waals surface area contributed by atoms with Gasteiger partial charge in [0.15, 0.2) is 0 Å². The third-order valence-electron chi connectivity index (χ3n) is 4.86. The third-order valence-corrected chi connectivity index (χ3v) is 4.86. The minimum Gasteiger partial charge on any atom is -0.377 e. The summed E-state index contributed by atoms with van der Waals surface area (Å²) in [5.41, 5.74) is 1.34.